The standard InChI is InChI=1S/C13H14FNO6S/c1-20-12(16)7-10(13(17)21-2)15-9-6-8(14)4-5-11(9)22(3,18)19/h4-7,15H,1-3H3/b10-7+. The van der Waals surface area contributed by atoms with Crippen molar-refractivity contribution in [2.75, 3.05) is 25.8 Å². The smallest absolute Gasteiger partial charge is 0.354 e. The highest BCUT2D eigenvalue weighted by atomic mass is 32.2. The van der Waals surface area contributed by atoms with Crippen molar-refractivity contribution < 1.29 is 31.9 Å². The van der Waals surface area contributed by atoms with E-state index in [1.165, 1.54) is 0 Å². The van der Waals surface area contributed by atoms with Gasteiger partial charge in [-0.1, -0.05) is 0 Å². The van der Waals surface area contributed by atoms with Gasteiger partial charge in [-0.25, -0.2) is 22.4 Å². The third-order valence-electron chi connectivity index (χ3n) is 2.48. The molecule has 7 nitrogen and oxygen atoms in total. The highest BCUT2D eigenvalue weighted by Gasteiger charge is 2.19. The van der Waals surface area contributed by atoms with Gasteiger partial charge in [-0.3, -0.25) is 0 Å². The molecule has 0 bridgehead atoms. The summed E-state index contributed by atoms with van der Waals surface area (Å²) in [6.07, 6.45) is 1.69. The number of hydrogen-bond donors (Lipinski definition) is 1. The van der Waals surface area contributed by atoms with Gasteiger partial charge in [0.05, 0.1) is 30.9 Å². The number of benzene rings is 1. The summed E-state index contributed by atoms with van der Waals surface area (Å²) in [4.78, 5) is 22.6. The second-order valence-electron chi connectivity index (χ2n) is 4.11. The largest absolute Gasteiger partial charge is 0.466 e. The maximum Gasteiger partial charge on any atom is 0.354 e. The molecule has 0 aliphatic heterocycles. The molecular weight excluding hydrogens is 317 g/mol. The predicted octanol–water partition coefficient (Wildman–Crippen LogP) is 0.871. The van der Waals surface area contributed by atoms with Crippen molar-refractivity contribution in [3.63, 3.8) is 0 Å². The summed E-state index contributed by atoms with van der Waals surface area (Å²) in [5, 5.41) is 2.38. The number of hydrogen-bond acceptors (Lipinski definition) is 7. The minimum Gasteiger partial charge on any atom is -0.466 e. The molecule has 0 aromatic heterocycles. The number of halogens is 1. The SMILES string of the molecule is COC(=O)/C=C(/Nc1cc(F)ccc1S(C)(=O)=O)C(=O)OC. The number of ether oxygens (including phenoxy) is 2. The van der Waals surface area contributed by atoms with Gasteiger partial charge < -0.3 is 14.8 Å². The lowest BCUT2D eigenvalue weighted by Crippen LogP contribution is -2.17. The van der Waals surface area contributed by atoms with E-state index in [-0.39, 0.29) is 10.6 Å². The van der Waals surface area contributed by atoms with Gasteiger partial charge in [0.15, 0.2) is 9.84 Å². The number of carbonyl (C=O) groups is 2. The Kier molecular flexibility index (Phi) is 5.63. The number of carbonyl (C=O) groups excluding carboxylic acids is 2. The number of sulfone groups is 1. The average molecular weight is 331 g/mol. The van der Waals surface area contributed by atoms with E-state index in [0.717, 1.165) is 44.8 Å². The average Bonchev–Trinajstić information content (AvgIpc) is 2.44. The molecule has 0 amide bonds. The first-order chi connectivity index (χ1) is 10.2. The van der Waals surface area contributed by atoms with Crippen LogP contribution in [0.2, 0.25) is 0 Å². The molecule has 0 unspecified atom stereocenters. The van der Waals surface area contributed by atoms with E-state index in [2.05, 4.69) is 14.8 Å². The molecule has 0 heterocycles. The van der Waals surface area contributed by atoms with Gasteiger partial charge in [-0.05, 0) is 18.2 Å². The molecule has 0 fully saturated rings. The van der Waals surface area contributed by atoms with Gasteiger partial charge in [-0.2, -0.15) is 0 Å². The van der Waals surface area contributed by atoms with Crippen LogP contribution in [0.1, 0.15) is 0 Å². The van der Waals surface area contributed by atoms with Gasteiger partial charge in [-0.15, -0.1) is 0 Å². The summed E-state index contributed by atoms with van der Waals surface area (Å²) in [6, 6.07) is 2.88. The van der Waals surface area contributed by atoms with Crippen LogP contribution in [0.5, 0.6) is 0 Å². The monoisotopic (exact) mass is 331 g/mol. The van der Waals surface area contributed by atoms with Crippen molar-refractivity contribution in [1.82, 2.24) is 0 Å². The van der Waals surface area contributed by atoms with Crippen LogP contribution in [-0.2, 0) is 28.9 Å². The van der Waals surface area contributed by atoms with E-state index >= 15 is 0 Å². The Labute approximate surface area is 126 Å². The topological polar surface area (TPSA) is 98.8 Å². The molecule has 22 heavy (non-hydrogen) atoms. The molecule has 0 atom stereocenters. The minimum absolute atomic E-state index is 0.206. The number of nitrogens with one attached hydrogen (secondary N) is 1. The third kappa shape index (κ3) is 4.55. The van der Waals surface area contributed by atoms with Crippen molar-refractivity contribution in [3.05, 3.63) is 35.8 Å². The molecule has 1 aromatic rings. The van der Waals surface area contributed by atoms with E-state index in [0.29, 0.717) is 0 Å². The van der Waals surface area contributed by atoms with Crippen LogP contribution in [0.4, 0.5) is 10.1 Å². The van der Waals surface area contributed by atoms with Crippen molar-refractivity contribution >= 4 is 27.5 Å². The van der Waals surface area contributed by atoms with Crippen molar-refractivity contribution in [1.29, 1.82) is 0 Å². The Hall–Kier alpha value is -2.42. The third-order valence-corrected chi connectivity index (χ3v) is 3.63. The van der Waals surface area contributed by atoms with Crippen molar-refractivity contribution in [2.45, 2.75) is 4.90 Å². The van der Waals surface area contributed by atoms with Crippen molar-refractivity contribution in [2.24, 2.45) is 0 Å². The van der Waals surface area contributed by atoms with Gasteiger partial charge in [0.1, 0.15) is 11.5 Å². The fraction of sp³-hybridized carbons (Fsp3) is 0.231. The molecule has 0 saturated heterocycles. The van der Waals surface area contributed by atoms with Gasteiger partial charge in [0, 0.05) is 6.26 Å². The first-order valence-electron chi connectivity index (χ1n) is 5.83. The summed E-state index contributed by atoms with van der Waals surface area (Å²) in [6.45, 7) is 0. The second kappa shape index (κ2) is 7.03. The van der Waals surface area contributed by atoms with Gasteiger partial charge >= 0.3 is 11.9 Å². The van der Waals surface area contributed by atoms with E-state index in [4.69, 9.17) is 0 Å². The summed E-state index contributed by atoms with van der Waals surface area (Å²) in [5.74, 6) is -2.54. The molecule has 1 aromatic carbocycles. The van der Waals surface area contributed by atoms with Crippen LogP contribution in [0.25, 0.3) is 0 Å². The molecule has 0 aliphatic rings. The lowest BCUT2D eigenvalue weighted by Gasteiger charge is -2.12. The van der Waals surface area contributed by atoms with Crippen LogP contribution >= 0.6 is 0 Å². The van der Waals surface area contributed by atoms with Gasteiger partial charge in [0.2, 0.25) is 0 Å². The summed E-state index contributed by atoms with van der Waals surface area (Å²) < 4.78 is 45.5. The first kappa shape index (κ1) is 17.6. The molecule has 0 radical (unpaired) electrons. The lowest BCUT2D eigenvalue weighted by atomic mass is 10.3. The van der Waals surface area contributed by atoms with E-state index in [9.17, 15) is 22.4 Å². The predicted molar refractivity (Wildman–Crippen MR) is 75.2 cm³/mol. The second-order valence-corrected chi connectivity index (χ2v) is 6.09. The molecule has 0 saturated carbocycles. The summed E-state index contributed by atoms with van der Waals surface area (Å²) in [7, 11) is -1.52. The Morgan fingerprint density at radius 2 is 1.86 bits per heavy atom. The van der Waals surface area contributed by atoms with Gasteiger partial charge in [0.25, 0.3) is 0 Å². The molecule has 1 N–H and O–H groups in total. The maximum atomic E-state index is 13.3. The zero-order valence-corrected chi connectivity index (χ0v) is 12.9. The van der Waals surface area contributed by atoms with Crippen LogP contribution in [0.3, 0.4) is 0 Å². The molecule has 0 aliphatic carbocycles. The number of esters is 2. The fourth-order valence-electron chi connectivity index (χ4n) is 1.50. The summed E-state index contributed by atoms with van der Waals surface area (Å²) in [5.41, 5.74) is -0.604. The molecular formula is C13H14FNO6S. The summed E-state index contributed by atoms with van der Waals surface area (Å²) >= 11 is 0. The fourth-order valence-corrected chi connectivity index (χ4v) is 2.33. The van der Waals surface area contributed by atoms with E-state index in [1.54, 1.807) is 0 Å². The Morgan fingerprint density at radius 1 is 1.23 bits per heavy atom. The highest BCUT2D eigenvalue weighted by molar-refractivity contribution is 7.90. The van der Waals surface area contributed by atoms with Crippen LogP contribution < -0.4 is 5.32 Å². The normalized spacial score (nSPS) is 11.7. The zero-order chi connectivity index (χ0) is 16.9. The molecule has 120 valence electrons. The zero-order valence-electron chi connectivity index (χ0n) is 12.0. The Balaban J connectivity index is 3.35. The van der Waals surface area contributed by atoms with Crippen LogP contribution in [0, 0.1) is 5.82 Å². The quantitative estimate of drug-likeness (QED) is 0.485. The highest BCUT2D eigenvalue weighted by Crippen LogP contribution is 2.24. The molecule has 9 heteroatoms. The Morgan fingerprint density at radius 3 is 2.36 bits per heavy atom. The molecule has 1 rings (SSSR count). The van der Waals surface area contributed by atoms with Crippen LogP contribution in [-0.4, -0.2) is 40.8 Å². The van der Waals surface area contributed by atoms with Crippen LogP contribution in [0.15, 0.2) is 34.9 Å². The maximum absolute atomic E-state index is 13.3. The number of rotatable bonds is 5. The Bertz CT molecular complexity index is 726. The minimum atomic E-state index is -3.69. The lowest BCUT2D eigenvalue weighted by molar-refractivity contribution is -0.138. The first-order valence-corrected chi connectivity index (χ1v) is 7.72. The van der Waals surface area contributed by atoms with Crippen molar-refractivity contribution in [3.8, 4) is 0 Å². The van der Waals surface area contributed by atoms with E-state index in [1.807, 2.05) is 0 Å². The molecule has 0 spiro atoms. The number of methoxy groups -OCH3 is 2. The number of anilines is 1. The van der Waals surface area contributed by atoms with E-state index < -0.39 is 33.3 Å².